The first-order valence-electron chi connectivity index (χ1n) is 19.1. The third-order valence-electron chi connectivity index (χ3n) is 10.4. The fourth-order valence-corrected chi connectivity index (χ4v) is 8.70. The van der Waals surface area contributed by atoms with Gasteiger partial charge in [-0.1, -0.05) is 114 Å². The van der Waals surface area contributed by atoms with E-state index in [1.165, 1.54) is 37.7 Å². The van der Waals surface area contributed by atoms with Crippen molar-refractivity contribution < 1.29 is 34.4 Å². The van der Waals surface area contributed by atoms with E-state index < -0.39 is 0 Å². The topological polar surface area (TPSA) is 63.3 Å². The molecule has 283 valence electrons. The molecule has 0 amide bonds. The van der Waals surface area contributed by atoms with E-state index in [4.69, 9.17) is 9.40 Å². The molecule has 0 fully saturated rings. The SMILES string of the molecule is CCC(CC)C(=O)/C=C(\O)C(CC)CC.Cc1c(-c2ccnc(-c3[c-]c4ccccc4c4c3oc3ccccc34)c2)sc2cc(CC(C)(C)C)ccc12.[Ir]. The van der Waals surface area contributed by atoms with Crippen LogP contribution in [-0.4, -0.2) is 15.9 Å². The van der Waals surface area contributed by atoms with Crippen LogP contribution in [0.5, 0.6) is 0 Å². The third-order valence-corrected chi connectivity index (χ3v) is 11.7. The molecule has 54 heavy (non-hydrogen) atoms. The maximum Gasteiger partial charge on any atom is 0.162 e. The van der Waals surface area contributed by atoms with Crippen molar-refractivity contribution >= 4 is 59.9 Å². The number of hydrogen-bond acceptors (Lipinski definition) is 5. The first kappa shape index (κ1) is 41.1. The van der Waals surface area contributed by atoms with Gasteiger partial charge >= 0.3 is 0 Å². The maximum absolute atomic E-state index is 11.7. The second kappa shape index (κ2) is 17.6. The number of rotatable bonds is 10. The van der Waals surface area contributed by atoms with Gasteiger partial charge in [0.05, 0.1) is 11.3 Å². The molecule has 6 heteroatoms. The van der Waals surface area contributed by atoms with Crippen LogP contribution in [0.1, 0.15) is 85.3 Å². The summed E-state index contributed by atoms with van der Waals surface area (Å²) in [6.07, 6.45) is 7.89. The van der Waals surface area contributed by atoms with Gasteiger partial charge in [-0.3, -0.25) is 9.78 Å². The van der Waals surface area contributed by atoms with Gasteiger partial charge < -0.3 is 9.52 Å². The van der Waals surface area contributed by atoms with Crippen molar-refractivity contribution in [3.63, 3.8) is 0 Å². The number of benzene rings is 4. The summed E-state index contributed by atoms with van der Waals surface area (Å²) in [5.74, 6) is 0.547. The van der Waals surface area contributed by atoms with Crippen LogP contribution in [0.25, 0.3) is 64.5 Å². The largest absolute Gasteiger partial charge is 0.512 e. The predicted molar refractivity (Wildman–Crippen MR) is 226 cm³/mol. The van der Waals surface area contributed by atoms with Crippen molar-refractivity contribution in [2.75, 3.05) is 0 Å². The van der Waals surface area contributed by atoms with Gasteiger partial charge in [-0.15, -0.1) is 28.9 Å². The fraction of sp³-hybridized carbons (Fsp3) is 0.333. The molecule has 3 aromatic heterocycles. The number of aromatic nitrogens is 1. The quantitative estimate of drug-likeness (QED) is 0.0843. The summed E-state index contributed by atoms with van der Waals surface area (Å²) in [5, 5.41) is 15.6. The Morgan fingerprint density at radius 3 is 2.22 bits per heavy atom. The average molecular weight is 915 g/mol. The molecule has 7 aromatic rings. The molecular formula is C48H52IrNO3S-. The monoisotopic (exact) mass is 915 g/mol. The minimum Gasteiger partial charge on any atom is -0.512 e. The molecule has 0 aliphatic heterocycles. The fourth-order valence-electron chi connectivity index (χ4n) is 7.43. The average Bonchev–Trinajstić information content (AvgIpc) is 3.69. The zero-order valence-electron chi connectivity index (χ0n) is 32.8. The Labute approximate surface area is 338 Å². The molecule has 7 rings (SSSR count). The second-order valence-electron chi connectivity index (χ2n) is 15.4. The van der Waals surface area contributed by atoms with E-state index in [1.54, 1.807) is 0 Å². The van der Waals surface area contributed by atoms with Crippen molar-refractivity contribution in [1.29, 1.82) is 0 Å². The zero-order valence-corrected chi connectivity index (χ0v) is 36.0. The second-order valence-corrected chi connectivity index (χ2v) is 16.5. The van der Waals surface area contributed by atoms with Gasteiger partial charge in [0.2, 0.25) is 0 Å². The maximum atomic E-state index is 11.7. The minimum absolute atomic E-state index is 0. The van der Waals surface area contributed by atoms with Crippen LogP contribution in [0.2, 0.25) is 0 Å². The summed E-state index contributed by atoms with van der Waals surface area (Å²) >= 11 is 1.87. The minimum atomic E-state index is 0. The molecule has 0 saturated carbocycles. The Morgan fingerprint density at radius 1 is 0.870 bits per heavy atom. The number of fused-ring (bicyclic) bond motifs is 6. The van der Waals surface area contributed by atoms with E-state index in [0.717, 1.165) is 76.1 Å². The Balaban J connectivity index is 0.000000301. The van der Waals surface area contributed by atoms with Crippen LogP contribution < -0.4 is 0 Å². The zero-order chi connectivity index (χ0) is 37.9. The number of nitrogens with zero attached hydrogens (tertiary/aromatic N) is 1. The van der Waals surface area contributed by atoms with Crippen molar-refractivity contribution in [1.82, 2.24) is 4.98 Å². The van der Waals surface area contributed by atoms with Crippen LogP contribution in [0.3, 0.4) is 0 Å². The number of aryl methyl sites for hydroxylation is 1. The van der Waals surface area contributed by atoms with E-state index in [9.17, 15) is 9.90 Å². The summed E-state index contributed by atoms with van der Waals surface area (Å²) in [4.78, 5) is 17.8. The number of hydrogen-bond donors (Lipinski definition) is 1. The summed E-state index contributed by atoms with van der Waals surface area (Å²) in [6, 6.07) is 31.6. The van der Waals surface area contributed by atoms with Crippen LogP contribution in [0, 0.1) is 30.2 Å². The van der Waals surface area contributed by atoms with Gasteiger partial charge in [0.1, 0.15) is 5.58 Å². The first-order valence-corrected chi connectivity index (χ1v) is 20.0. The normalized spacial score (nSPS) is 12.1. The smallest absolute Gasteiger partial charge is 0.162 e. The Morgan fingerprint density at radius 2 is 1.54 bits per heavy atom. The van der Waals surface area contributed by atoms with Crippen LogP contribution >= 0.6 is 11.3 Å². The summed E-state index contributed by atoms with van der Waals surface area (Å²) in [5.41, 5.74) is 7.67. The van der Waals surface area contributed by atoms with Gasteiger partial charge in [-0.2, -0.15) is 0 Å². The molecule has 0 spiro atoms. The Kier molecular flexibility index (Phi) is 13.4. The van der Waals surface area contributed by atoms with Crippen molar-refractivity contribution in [3.8, 4) is 21.7 Å². The molecule has 1 N–H and O–H groups in total. The van der Waals surface area contributed by atoms with Gasteiger partial charge in [0, 0.05) is 64.9 Å². The standard InChI is InChI=1S/C35H28NOS.C13H24O2.Ir/c1-21-25-14-13-22(20-35(2,3)4)17-31(25)38-34(21)24-15-16-36-29(19-24)28-18-23-9-5-6-10-26(23)32-27-11-7-8-12-30(27)37-33(28)32;1-5-10(6-2)12(14)9-13(15)11(7-3)8-4;/h5-17,19H,20H2,1-4H3;9-11,14H,5-8H2,1-4H3;/q-1;;/b;12-9-;. The predicted octanol–water partition coefficient (Wildman–Crippen LogP) is 14.2. The van der Waals surface area contributed by atoms with E-state index in [-0.39, 0.29) is 48.9 Å². The molecule has 4 aromatic carbocycles. The number of para-hydroxylation sites is 1. The molecule has 0 atom stereocenters. The molecule has 0 bridgehead atoms. The number of carbonyl (C=O) groups excluding carboxylic acids is 1. The first-order chi connectivity index (χ1) is 25.5. The van der Waals surface area contributed by atoms with Crippen molar-refractivity contribution in [2.45, 2.75) is 87.5 Å². The molecule has 0 saturated heterocycles. The van der Waals surface area contributed by atoms with Crippen LogP contribution in [0.4, 0.5) is 0 Å². The van der Waals surface area contributed by atoms with Crippen molar-refractivity contribution in [2.24, 2.45) is 17.3 Å². The van der Waals surface area contributed by atoms with E-state index in [2.05, 4.69) is 100 Å². The molecule has 0 unspecified atom stereocenters. The molecule has 4 nitrogen and oxygen atoms in total. The number of aliphatic hydroxyl groups is 1. The summed E-state index contributed by atoms with van der Waals surface area (Å²) < 4.78 is 7.79. The van der Waals surface area contributed by atoms with E-state index >= 15 is 0 Å². The summed E-state index contributed by atoms with van der Waals surface area (Å²) in [6.45, 7) is 17.2. The van der Waals surface area contributed by atoms with Crippen LogP contribution in [0.15, 0.2) is 101 Å². The molecular weight excluding hydrogens is 863 g/mol. The number of carbonyl (C=O) groups is 1. The van der Waals surface area contributed by atoms with Crippen LogP contribution in [-0.2, 0) is 31.3 Å². The number of aliphatic hydroxyl groups excluding tert-OH is 1. The molecule has 0 aliphatic carbocycles. The molecule has 0 aliphatic rings. The van der Waals surface area contributed by atoms with Gasteiger partial charge in [-0.05, 0) is 90.1 Å². The third kappa shape index (κ3) is 8.73. The number of allylic oxidation sites excluding steroid dienone is 2. The van der Waals surface area contributed by atoms with Crippen molar-refractivity contribution in [3.05, 3.63) is 114 Å². The van der Waals surface area contributed by atoms with Gasteiger partial charge in [-0.25, -0.2) is 0 Å². The Hall–Kier alpha value is -4.09. The molecule has 3 heterocycles. The Bertz CT molecular complexity index is 2420. The van der Waals surface area contributed by atoms with E-state index in [0.29, 0.717) is 0 Å². The molecule has 1 radical (unpaired) electrons. The number of ketones is 1. The number of furan rings is 1. The van der Waals surface area contributed by atoms with Gasteiger partial charge in [0.25, 0.3) is 0 Å². The number of thiophene rings is 1. The van der Waals surface area contributed by atoms with Gasteiger partial charge in [0.15, 0.2) is 5.78 Å². The number of pyridine rings is 1. The van der Waals surface area contributed by atoms with E-state index in [1.807, 2.05) is 57.4 Å². The summed E-state index contributed by atoms with van der Waals surface area (Å²) in [7, 11) is 0.